The van der Waals surface area contributed by atoms with Crippen LogP contribution in [0, 0.1) is 0 Å². The molecule has 0 saturated carbocycles. The number of amides is 1. The Kier molecular flexibility index (Phi) is 4.75. The van der Waals surface area contributed by atoms with Crippen LogP contribution in [0.5, 0.6) is 0 Å². The maximum absolute atomic E-state index is 12.2. The lowest BCUT2D eigenvalue weighted by molar-refractivity contribution is -0.129. The largest absolute Gasteiger partial charge is 0.376 e. The Morgan fingerprint density at radius 2 is 2.05 bits per heavy atom. The molecule has 0 atom stereocenters. The van der Waals surface area contributed by atoms with Crippen molar-refractivity contribution in [1.82, 2.24) is 4.90 Å². The second-order valence-corrected chi connectivity index (χ2v) is 7.26. The third-order valence-electron chi connectivity index (χ3n) is 3.41. The highest BCUT2D eigenvalue weighted by molar-refractivity contribution is 8.00. The zero-order valence-electron chi connectivity index (χ0n) is 11.7. The molecule has 1 saturated heterocycles. The van der Waals surface area contributed by atoms with Gasteiger partial charge in [-0.1, -0.05) is 32.0 Å². The van der Waals surface area contributed by atoms with Gasteiger partial charge in [-0.25, -0.2) is 0 Å². The standard InChI is InChI=1S/C15H22N2OS/c1-15(2)8-9-17(10-11-19-15)14(18)12-16-13-6-4-3-5-7-13/h3-7,16H,8-12H2,1-2H3. The number of nitrogens with zero attached hydrogens (tertiary/aromatic N) is 1. The van der Waals surface area contributed by atoms with E-state index in [-0.39, 0.29) is 5.91 Å². The van der Waals surface area contributed by atoms with Crippen LogP contribution in [0.1, 0.15) is 20.3 Å². The SMILES string of the molecule is CC1(C)CCN(C(=O)CNc2ccccc2)CCS1. The Morgan fingerprint density at radius 3 is 2.79 bits per heavy atom. The van der Waals surface area contributed by atoms with Crippen LogP contribution in [0.3, 0.4) is 0 Å². The monoisotopic (exact) mass is 278 g/mol. The molecule has 0 aliphatic carbocycles. The van der Waals surface area contributed by atoms with Crippen molar-refractivity contribution in [2.75, 3.05) is 30.7 Å². The summed E-state index contributed by atoms with van der Waals surface area (Å²) in [5.41, 5.74) is 1.00. The van der Waals surface area contributed by atoms with Crippen LogP contribution >= 0.6 is 11.8 Å². The minimum atomic E-state index is 0.196. The van der Waals surface area contributed by atoms with Gasteiger partial charge in [0.2, 0.25) is 5.91 Å². The lowest BCUT2D eigenvalue weighted by Crippen LogP contribution is -2.37. The fraction of sp³-hybridized carbons (Fsp3) is 0.533. The summed E-state index contributed by atoms with van der Waals surface area (Å²) in [6.45, 7) is 6.63. The lowest BCUT2D eigenvalue weighted by atomic mass is 10.1. The molecule has 1 aliphatic heterocycles. The van der Waals surface area contributed by atoms with E-state index in [2.05, 4.69) is 19.2 Å². The first-order chi connectivity index (χ1) is 9.07. The van der Waals surface area contributed by atoms with Gasteiger partial charge in [-0.3, -0.25) is 4.79 Å². The predicted octanol–water partition coefficient (Wildman–Crippen LogP) is 2.84. The molecule has 1 aromatic carbocycles. The van der Waals surface area contributed by atoms with Crippen molar-refractivity contribution in [3.8, 4) is 0 Å². The smallest absolute Gasteiger partial charge is 0.241 e. The molecular weight excluding hydrogens is 256 g/mol. The average molecular weight is 278 g/mol. The number of anilines is 1. The lowest BCUT2D eigenvalue weighted by Gasteiger charge is -2.23. The molecule has 0 spiro atoms. The number of carbonyl (C=O) groups excluding carboxylic acids is 1. The molecule has 4 heteroatoms. The quantitative estimate of drug-likeness (QED) is 0.923. The fourth-order valence-electron chi connectivity index (χ4n) is 2.12. The second-order valence-electron chi connectivity index (χ2n) is 5.46. The molecule has 1 fully saturated rings. The minimum Gasteiger partial charge on any atom is -0.376 e. The molecule has 1 amide bonds. The summed E-state index contributed by atoms with van der Waals surface area (Å²) in [6, 6.07) is 9.88. The summed E-state index contributed by atoms with van der Waals surface area (Å²) in [6.07, 6.45) is 1.06. The van der Waals surface area contributed by atoms with Crippen LogP contribution in [0.25, 0.3) is 0 Å². The first-order valence-electron chi connectivity index (χ1n) is 6.77. The molecule has 0 aromatic heterocycles. The molecule has 0 bridgehead atoms. The van der Waals surface area contributed by atoms with Gasteiger partial charge in [0, 0.05) is 29.3 Å². The van der Waals surface area contributed by atoms with Crippen molar-refractivity contribution in [3.05, 3.63) is 30.3 Å². The molecular formula is C15H22N2OS. The average Bonchev–Trinajstić information content (AvgIpc) is 2.58. The maximum Gasteiger partial charge on any atom is 0.241 e. The third-order valence-corrected chi connectivity index (χ3v) is 4.78. The van der Waals surface area contributed by atoms with Crippen molar-refractivity contribution in [2.45, 2.75) is 25.0 Å². The van der Waals surface area contributed by atoms with Crippen LogP contribution in [-0.4, -0.2) is 40.9 Å². The van der Waals surface area contributed by atoms with Gasteiger partial charge in [0.15, 0.2) is 0 Å². The topological polar surface area (TPSA) is 32.3 Å². The number of thioether (sulfide) groups is 1. The van der Waals surface area contributed by atoms with Gasteiger partial charge in [0.1, 0.15) is 0 Å². The Labute approximate surface area is 119 Å². The number of rotatable bonds is 3. The zero-order chi connectivity index (χ0) is 13.7. The van der Waals surface area contributed by atoms with Crippen LogP contribution in [0.2, 0.25) is 0 Å². The van der Waals surface area contributed by atoms with Crippen molar-refractivity contribution < 1.29 is 4.79 Å². The number of para-hydroxylation sites is 1. The van der Waals surface area contributed by atoms with E-state index in [1.54, 1.807) is 0 Å². The number of hydrogen-bond donors (Lipinski definition) is 1. The first kappa shape index (κ1) is 14.3. The highest BCUT2D eigenvalue weighted by Gasteiger charge is 2.25. The molecule has 1 N–H and O–H groups in total. The predicted molar refractivity (Wildman–Crippen MR) is 82.7 cm³/mol. The highest BCUT2D eigenvalue weighted by atomic mass is 32.2. The van der Waals surface area contributed by atoms with Gasteiger partial charge in [-0.05, 0) is 18.6 Å². The van der Waals surface area contributed by atoms with E-state index in [4.69, 9.17) is 0 Å². The summed E-state index contributed by atoms with van der Waals surface area (Å²) in [7, 11) is 0. The molecule has 2 rings (SSSR count). The van der Waals surface area contributed by atoms with Crippen LogP contribution in [-0.2, 0) is 4.79 Å². The molecule has 0 unspecified atom stereocenters. The van der Waals surface area contributed by atoms with Gasteiger partial charge in [0.05, 0.1) is 6.54 Å². The van der Waals surface area contributed by atoms with E-state index in [0.29, 0.717) is 11.3 Å². The highest BCUT2D eigenvalue weighted by Crippen LogP contribution is 2.30. The first-order valence-corrected chi connectivity index (χ1v) is 7.76. The Hall–Kier alpha value is -1.16. The number of carbonyl (C=O) groups is 1. The summed E-state index contributed by atoms with van der Waals surface area (Å²) in [4.78, 5) is 14.2. The molecule has 104 valence electrons. The van der Waals surface area contributed by atoms with Crippen molar-refractivity contribution >= 4 is 23.4 Å². The number of nitrogens with one attached hydrogen (secondary N) is 1. The van der Waals surface area contributed by atoms with E-state index < -0.39 is 0 Å². The molecule has 1 heterocycles. The van der Waals surface area contributed by atoms with Gasteiger partial charge in [-0.2, -0.15) is 11.8 Å². The van der Waals surface area contributed by atoms with Crippen molar-refractivity contribution in [2.24, 2.45) is 0 Å². The molecule has 19 heavy (non-hydrogen) atoms. The van der Waals surface area contributed by atoms with Crippen molar-refractivity contribution in [3.63, 3.8) is 0 Å². The molecule has 1 aromatic rings. The third kappa shape index (κ3) is 4.46. The Bertz CT molecular complexity index is 419. The van der Waals surface area contributed by atoms with E-state index >= 15 is 0 Å². The minimum absolute atomic E-state index is 0.196. The van der Waals surface area contributed by atoms with Gasteiger partial charge >= 0.3 is 0 Å². The molecule has 1 aliphatic rings. The van der Waals surface area contributed by atoms with Crippen LogP contribution < -0.4 is 5.32 Å². The van der Waals surface area contributed by atoms with Gasteiger partial charge in [0.25, 0.3) is 0 Å². The van der Waals surface area contributed by atoms with Crippen LogP contribution in [0.4, 0.5) is 5.69 Å². The normalized spacial score (nSPS) is 18.7. The fourth-order valence-corrected chi connectivity index (χ4v) is 3.22. The summed E-state index contributed by atoms with van der Waals surface area (Å²) < 4.78 is 0.294. The maximum atomic E-state index is 12.2. The molecule has 0 radical (unpaired) electrons. The van der Waals surface area contributed by atoms with E-state index in [9.17, 15) is 4.79 Å². The summed E-state index contributed by atoms with van der Waals surface area (Å²) >= 11 is 1.96. The molecule has 3 nitrogen and oxygen atoms in total. The number of hydrogen-bond acceptors (Lipinski definition) is 3. The summed E-state index contributed by atoms with van der Waals surface area (Å²) in [5, 5.41) is 3.18. The Morgan fingerprint density at radius 1 is 1.32 bits per heavy atom. The second kappa shape index (κ2) is 6.33. The Balaban J connectivity index is 1.83. The zero-order valence-corrected chi connectivity index (χ0v) is 12.5. The van der Waals surface area contributed by atoms with E-state index in [1.807, 2.05) is 47.0 Å². The van der Waals surface area contributed by atoms with E-state index in [1.165, 1.54) is 0 Å². The number of benzene rings is 1. The summed E-state index contributed by atoms with van der Waals surface area (Å²) in [5.74, 6) is 1.23. The van der Waals surface area contributed by atoms with Crippen molar-refractivity contribution in [1.29, 1.82) is 0 Å². The van der Waals surface area contributed by atoms with Gasteiger partial charge < -0.3 is 10.2 Å². The van der Waals surface area contributed by atoms with Gasteiger partial charge in [-0.15, -0.1) is 0 Å². The van der Waals surface area contributed by atoms with Crippen LogP contribution in [0.15, 0.2) is 30.3 Å². The van der Waals surface area contributed by atoms with E-state index in [0.717, 1.165) is 31.0 Å².